The van der Waals surface area contributed by atoms with Crippen molar-refractivity contribution in [2.45, 2.75) is 46.0 Å². The molecule has 2 heterocycles. The fourth-order valence-corrected chi connectivity index (χ4v) is 6.53. The van der Waals surface area contributed by atoms with E-state index in [9.17, 15) is 24.6 Å². The molecule has 1 unspecified atom stereocenters. The number of H-pyrrole nitrogens is 1. The molecular formula is C35H32N2O6. The van der Waals surface area contributed by atoms with E-state index in [0.29, 0.717) is 12.2 Å². The standard InChI is InChI=1S/C35H32N2O6/c1-17-31(40)29(20(4)38)33-30(32(17)41)35(5)26(43-33)15-25(39)28(34(35)42)18(2)36-16-23(21-11-7-6-8-12-21)27-19(3)37-24-14-10-9-13-22(24)27/h6-15,23,36-37,40-41H,16H2,1-5H3/b28-18+/t23?,35-/m0/s1. The molecule has 0 fully saturated rings. The number of aromatic hydroxyl groups is 2. The number of allylic oxidation sites excluding steroid dienone is 4. The molecule has 0 saturated carbocycles. The van der Waals surface area contributed by atoms with Crippen molar-refractivity contribution in [1.82, 2.24) is 10.3 Å². The Hall–Kier alpha value is -5.11. The van der Waals surface area contributed by atoms with Crippen LogP contribution in [0.3, 0.4) is 0 Å². The van der Waals surface area contributed by atoms with Gasteiger partial charge in [0, 0.05) is 46.4 Å². The first-order chi connectivity index (χ1) is 20.5. The molecule has 0 bridgehead atoms. The van der Waals surface area contributed by atoms with Crippen LogP contribution < -0.4 is 10.1 Å². The topological polar surface area (TPSA) is 129 Å². The van der Waals surface area contributed by atoms with E-state index in [4.69, 9.17) is 4.74 Å². The monoisotopic (exact) mass is 576 g/mol. The van der Waals surface area contributed by atoms with Gasteiger partial charge in [-0.15, -0.1) is 0 Å². The number of Topliss-reactive ketones (excluding diaryl/α,β-unsaturated/α-hetero) is 2. The maximum absolute atomic E-state index is 14.2. The minimum absolute atomic E-state index is 0.00781. The molecule has 43 heavy (non-hydrogen) atoms. The highest BCUT2D eigenvalue weighted by Crippen LogP contribution is 2.57. The van der Waals surface area contributed by atoms with Gasteiger partial charge in [-0.3, -0.25) is 14.4 Å². The van der Waals surface area contributed by atoms with Crippen LogP contribution in [0.25, 0.3) is 10.9 Å². The molecule has 1 aliphatic heterocycles. The summed E-state index contributed by atoms with van der Waals surface area (Å²) in [4.78, 5) is 43.6. The Labute approximate surface area is 248 Å². The number of aromatic nitrogens is 1. The van der Waals surface area contributed by atoms with Crippen molar-refractivity contribution in [2.24, 2.45) is 0 Å². The summed E-state index contributed by atoms with van der Waals surface area (Å²) in [6.07, 6.45) is 1.23. The van der Waals surface area contributed by atoms with Gasteiger partial charge in [0.1, 0.15) is 34.0 Å². The van der Waals surface area contributed by atoms with E-state index in [0.717, 1.165) is 27.7 Å². The van der Waals surface area contributed by atoms with Crippen LogP contribution in [0, 0.1) is 13.8 Å². The number of hydrogen-bond donors (Lipinski definition) is 4. The maximum atomic E-state index is 14.2. The highest BCUT2D eigenvalue weighted by molar-refractivity contribution is 6.31. The predicted molar refractivity (Wildman–Crippen MR) is 163 cm³/mol. The number of para-hydroxylation sites is 1. The summed E-state index contributed by atoms with van der Waals surface area (Å²) in [5.41, 5.74) is 3.01. The van der Waals surface area contributed by atoms with E-state index in [1.165, 1.54) is 19.9 Å². The van der Waals surface area contributed by atoms with Gasteiger partial charge in [0.25, 0.3) is 0 Å². The van der Waals surface area contributed by atoms with Crippen molar-refractivity contribution < 1.29 is 29.3 Å². The summed E-state index contributed by atoms with van der Waals surface area (Å²) in [6, 6.07) is 18.2. The molecule has 8 nitrogen and oxygen atoms in total. The zero-order chi connectivity index (χ0) is 30.8. The third kappa shape index (κ3) is 4.08. The normalized spacial score (nSPS) is 19.4. The van der Waals surface area contributed by atoms with E-state index in [1.54, 1.807) is 13.8 Å². The van der Waals surface area contributed by atoms with Crippen LogP contribution in [-0.4, -0.2) is 39.1 Å². The van der Waals surface area contributed by atoms with Crippen molar-refractivity contribution in [3.05, 3.63) is 111 Å². The molecule has 4 N–H and O–H groups in total. The number of benzene rings is 3. The second-order valence-corrected chi connectivity index (χ2v) is 11.4. The van der Waals surface area contributed by atoms with Crippen molar-refractivity contribution >= 4 is 28.3 Å². The lowest BCUT2D eigenvalue weighted by atomic mass is 9.70. The van der Waals surface area contributed by atoms with Gasteiger partial charge >= 0.3 is 0 Å². The first-order valence-corrected chi connectivity index (χ1v) is 14.1. The first-order valence-electron chi connectivity index (χ1n) is 14.1. The zero-order valence-electron chi connectivity index (χ0n) is 24.6. The Kier molecular flexibility index (Phi) is 6.53. The summed E-state index contributed by atoms with van der Waals surface area (Å²) in [5, 5.41) is 26.2. The Morgan fingerprint density at radius 1 is 1.00 bits per heavy atom. The van der Waals surface area contributed by atoms with Crippen LogP contribution in [0.5, 0.6) is 17.2 Å². The summed E-state index contributed by atoms with van der Waals surface area (Å²) >= 11 is 0. The number of nitrogens with one attached hydrogen (secondary N) is 2. The number of rotatable bonds is 6. The first kappa shape index (κ1) is 28.0. The molecule has 2 aliphatic rings. The molecule has 1 aromatic heterocycles. The fourth-order valence-electron chi connectivity index (χ4n) is 6.53. The Bertz CT molecular complexity index is 1930. The second-order valence-electron chi connectivity index (χ2n) is 11.4. The molecule has 2 atom stereocenters. The lowest BCUT2D eigenvalue weighted by Crippen LogP contribution is -2.41. The number of aromatic amines is 1. The van der Waals surface area contributed by atoms with Crippen molar-refractivity contribution in [2.75, 3.05) is 6.54 Å². The third-order valence-corrected chi connectivity index (χ3v) is 8.82. The number of phenols is 2. The minimum atomic E-state index is -1.57. The molecule has 0 saturated heterocycles. The van der Waals surface area contributed by atoms with Crippen molar-refractivity contribution in [3.8, 4) is 17.2 Å². The average Bonchev–Trinajstić information content (AvgIpc) is 3.46. The molecule has 0 spiro atoms. The molecule has 0 radical (unpaired) electrons. The zero-order valence-corrected chi connectivity index (χ0v) is 24.6. The Morgan fingerprint density at radius 3 is 2.37 bits per heavy atom. The quantitative estimate of drug-likeness (QED) is 0.130. The molecule has 3 aromatic carbocycles. The maximum Gasteiger partial charge on any atom is 0.194 e. The summed E-state index contributed by atoms with van der Waals surface area (Å²) < 4.78 is 5.88. The van der Waals surface area contributed by atoms with Crippen LogP contribution in [0.2, 0.25) is 0 Å². The van der Waals surface area contributed by atoms with Crippen LogP contribution in [0.4, 0.5) is 0 Å². The number of ketones is 3. The number of ether oxygens (including phenoxy) is 1. The van der Waals surface area contributed by atoms with E-state index in [-0.39, 0.29) is 45.4 Å². The number of aryl methyl sites for hydroxylation is 1. The van der Waals surface area contributed by atoms with E-state index < -0.39 is 28.5 Å². The fraction of sp³-hybridized carbons (Fsp3) is 0.229. The molecule has 1 aliphatic carbocycles. The summed E-state index contributed by atoms with van der Waals surface area (Å²) in [5.74, 6) is -2.57. The lowest BCUT2D eigenvalue weighted by molar-refractivity contribution is -0.123. The third-order valence-electron chi connectivity index (χ3n) is 8.82. The Balaban J connectivity index is 1.43. The van der Waals surface area contributed by atoms with Gasteiger partial charge in [-0.1, -0.05) is 48.5 Å². The van der Waals surface area contributed by atoms with Gasteiger partial charge in [-0.05, 0) is 51.8 Å². The van der Waals surface area contributed by atoms with Crippen molar-refractivity contribution in [1.29, 1.82) is 0 Å². The van der Waals surface area contributed by atoms with Gasteiger partial charge in [0.05, 0.1) is 11.1 Å². The number of phenolic OH excluding ortho intramolecular Hbond substituents is 2. The van der Waals surface area contributed by atoms with Crippen LogP contribution in [-0.2, 0) is 15.0 Å². The SMILES string of the molecule is CC(=O)c1c(O)c(C)c(O)c2c1OC1=CC(=O)/C(=C(/C)NCC(c3ccccc3)c3c(C)[nH]c4ccccc34)C(=O)[C@@]12C. The summed E-state index contributed by atoms with van der Waals surface area (Å²) in [7, 11) is 0. The summed E-state index contributed by atoms with van der Waals surface area (Å²) in [6.45, 7) is 8.42. The van der Waals surface area contributed by atoms with Gasteiger partial charge < -0.3 is 25.3 Å². The molecule has 218 valence electrons. The Morgan fingerprint density at radius 2 is 1.67 bits per heavy atom. The minimum Gasteiger partial charge on any atom is -0.507 e. The van der Waals surface area contributed by atoms with Gasteiger partial charge in [0.15, 0.2) is 17.3 Å². The molecule has 4 aromatic rings. The van der Waals surface area contributed by atoms with E-state index in [2.05, 4.69) is 28.5 Å². The van der Waals surface area contributed by atoms with E-state index >= 15 is 0 Å². The molecule has 8 heteroatoms. The number of carbonyl (C=O) groups excluding carboxylic acids is 3. The number of fused-ring (bicyclic) bond motifs is 4. The number of hydrogen-bond acceptors (Lipinski definition) is 7. The molecule has 6 rings (SSSR count). The van der Waals surface area contributed by atoms with Gasteiger partial charge in [-0.25, -0.2) is 0 Å². The van der Waals surface area contributed by atoms with Crippen LogP contribution in [0.15, 0.2) is 77.7 Å². The van der Waals surface area contributed by atoms with Gasteiger partial charge in [0.2, 0.25) is 0 Å². The van der Waals surface area contributed by atoms with Crippen LogP contribution >= 0.6 is 0 Å². The van der Waals surface area contributed by atoms with Crippen molar-refractivity contribution in [3.63, 3.8) is 0 Å². The number of carbonyl (C=O) groups is 3. The lowest BCUT2D eigenvalue weighted by Gasteiger charge is -2.29. The smallest absolute Gasteiger partial charge is 0.194 e. The predicted octanol–water partition coefficient (Wildman–Crippen LogP) is 5.78. The largest absolute Gasteiger partial charge is 0.507 e. The molecular weight excluding hydrogens is 544 g/mol. The highest BCUT2D eigenvalue weighted by atomic mass is 16.5. The highest BCUT2D eigenvalue weighted by Gasteiger charge is 2.56. The van der Waals surface area contributed by atoms with Crippen LogP contribution in [0.1, 0.15) is 65.0 Å². The van der Waals surface area contributed by atoms with Gasteiger partial charge in [-0.2, -0.15) is 0 Å². The van der Waals surface area contributed by atoms with E-state index in [1.807, 2.05) is 43.3 Å². The average molecular weight is 577 g/mol. The second kappa shape index (κ2) is 10.0. The molecule has 0 amide bonds.